The second kappa shape index (κ2) is 8.19. The molecule has 1 atom stereocenters. The first-order valence-electron chi connectivity index (χ1n) is 11.8. The van der Waals surface area contributed by atoms with Crippen LogP contribution in [0.25, 0.3) is 10.8 Å². The molecular formula is C26H24ClF2N3O3S. The van der Waals surface area contributed by atoms with Crippen LogP contribution < -0.4 is 4.90 Å². The Bertz CT molecular complexity index is 1490. The van der Waals surface area contributed by atoms with Gasteiger partial charge in [-0.15, -0.1) is 0 Å². The van der Waals surface area contributed by atoms with Gasteiger partial charge in [0.05, 0.1) is 23.1 Å². The maximum absolute atomic E-state index is 14.2. The molecule has 188 valence electrons. The smallest absolute Gasteiger partial charge is 0.245 e. The lowest BCUT2D eigenvalue weighted by atomic mass is 9.74. The van der Waals surface area contributed by atoms with Crippen molar-refractivity contribution in [3.8, 4) is 0 Å². The number of amides is 1. The van der Waals surface area contributed by atoms with Crippen LogP contribution in [0, 0.1) is 5.41 Å². The van der Waals surface area contributed by atoms with Crippen molar-refractivity contribution in [2.75, 3.05) is 23.7 Å². The summed E-state index contributed by atoms with van der Waals surface area (Å²) in [4.78, 5) is 20.2. The minimum absolute atomic E-state index is 0.0268. The average molecular weight is 532 g/mol. The Balaban J connectivity index is 1.42. The van der Waals surface area contributed by atoms with Gasteiger partial charge in [-0.25, -0.2) is 17.2 Å². The van der Waals surface area contributed by atoms with Crippen molar-refractivity contribution >= 4 is 44.0 Å². The van der Waals surface area contributed by atoms with Crippen LogP contribution in [0.15, 0.2) is 54.9 Å². The van der Waals surface area contributed by atoms with Crippen molar-refractivity contribution in [1.29, 1.82) is 0 Å². The Morgan fingerprint density at radius 1 is 1.08 bits per heavy atom. The van der Waals surface area contributed by atoms with E-state index in [4.69, 9.17) is 11.6 Å². The molecule has 3 aliphatic rings. The second-order valence-electron chi connectivity index (χ2n) is 10.2. The number of halogens is 3. The lowest BCUT2D eigenvalue weighted by Crippen LogP contribution is -2.53. The topological polar surface area (TPSA) is 70.6 Å². The summed E-state index contributed by atoms with van der Waals surface area (Å²) in [6, 6.07) is 12.8. The van der Waals surface area contributed by atoms with Crippen LogP contribution in [-0.2, 0) is 26.8 Å². The molecule has 0 N–H and O–H groups in total. The molecule has 1 aromatic heterocycles. The molecule has 3 heterocycles. The number of rotatable bonds is 5. The molecule has 3 aromatic rings. The third kappa shape index (κ3) is 3.63. The minimum Gasteiger partial charge on any atom is -0.309 e. The molecule has 1 saturated heterocycles. The van der Waals surface area contributed by atoms with E-state index in [-0.39, 0.29) is 31.8 Å². The van der Waals surface area contributed by atoms with Crippen molar-refractivity contribution in [2.24, 2.45) is 5.41 Å². The number of benzene rings is 2. The number of sulfonamides is 1. The Hall–Kier alpha value is -2.62. The molecule has 6 rings (SSSR count). The summed E-state index contributed by atoms with van der Waals surface area (Å²) < 4.78 is 55.3. The first-order valence-corrected chi connectivity index (χ1v) is 13.8. The van der Waals surface area contributed by atoms with Crippen molar-refractivity contribution in [1.82, 2.24) is 9.29 Å². The van der Waals surface area contributed by atoms with Crippen LogP contribution in [0.1, 0.15) is 30.4 Å². The SMILES string of the molecule is O=C1N(c2cncc3ccccc23)CCC12CN(S(=O)(=O)CC1(C(F)F)CC1)Cc1ccc(Cl)cc12. The highest BCUT2D eigenvalue weighted by Gasteiger charge is 2.58. The number of nitrogens with zero attached hydrogens (tertiary/aromatic N) is 3. The summed E-state index contributed by atoms with van der Waals surface area (Å²) in [7, 11) is -4.04. The van der Waals surface area contributed by atoms with Crippen LogP contribution in [0.2, 0.25) is 5.02 Å². The van der Waals surface area contributed by atoms with E-state index in [1.807, 2.05) is 24.3 Å². The molecule has 2 fully saturated rings. The van der Waals surface area contributed by atoms with Crippen molar-refractivity contribution in [3.63, 3.8) is 0 Å². The van der Waals surface area contributed by atoms with Gasteiger partial charge >= 0.3 is 0 Å². The minimum atomic E-state index is -4.04. The van der Waals surface area contributed by atoms with Crippen molar-refractivity contribution < 1.29 is 22.0 Å². The number of pyridine rings is 1. The molecule has 1 saturated carbocycles. The van der Waals surface area contributed by atoms with Crippen molar-refractivity contribution in [3.05, 3.63) is 71.0 Å². The van der Waals surface area contributed by atoms with Crippen LogP contribution in [0.5, 0.6) is 0 Å². The van der Waals surface area contributed by atoms with E-state index in [1.54, 1.807) is 35.5 Å². The van der Waals surface area contributed by atoms with Crippen LogP contribution in [0.3, 0.4) is 0 Å². The van der Waals surface area contributed by atoms with Crippen LogP contribution in [-0.4, -0.2) is 48.9 Å². The second-order valence-corrected chi connectivity index (χ2v) is 12.6. The molecule has 10 heteroatoms. The summed E-state index contributed by atoms with van der Waals surface area (Å²) in [6.45, 7) is 0.295. The summed E-state index contributed by atoms with van der Waals surface area (Å²) in [5.41, 5.74) is -0.607. The van der Waals surface area contributed by atoms with E-state index in [0.29, 0.717) is 34.8 Å². The molecule has 1 amide bonds. The molecule has 0 radical (unpaired) electrons. The summed E-state index contributed by atoms with van der Waals surface area (Å²) in [6.07, 6.45) is 1.44. The number of fused-ring (bicyclic) bond motifs is 3. The van der Waals surface area contributed by atoms with Gasteiger partial charge in [-0.2, -0.15) is 4.31 Å². The number of anilines is 1. The first-order chi connectivity index (χ1) is 17.2. The third-order valence-corrected chi connectivity index (χ3v) is 10.2. The Morgan fingerprint density at radius 3 is 2.61 bits per heavy atom. The average Bonchev–Trinajstić information content (AvgIpc) is 3.57. The van der Waals surface area contributed by atoms with Crippen molar-refractivity contribution in [2.45, 2.75) is 37.6 Å². The van der Waals surface area contributed by atoms with E-state index < -0.39 is 33.0 Å². The van der Waals surface area contributed by atoms with Gasteiger partial charge in [-0.3, -0.25) is 9.78 Å². The predicted molar refractivity (Wildman–Crippen MR) is 134 cm³/mol. The number of carbonyl (C=O) groups is 1. The molecule has 1 unspecified atom stereocenters. The normalized spacial score (nSPS) is 23.6. The van der Waals surface area contributed by atoms with E-state index in [0.717, 1.165) is 10.8 Å². The Kier molecular flexibility index (Phi) is 5.41. The zero-order chi connectivity index (χ0) is 25.3. The van der Waals surface area contributed by atoms with E-state index in [2.05, 4.69) is 4.98 Å². The van der Waals surface area contributed by atoms with Crippen LogP contribution >= 0.6 is 11.6 Å². The molecule has 6 nitrogen and oxygen atoms in total. The number of aromatic nitrogens is 1. The molecule has 0 bridgehead atoms. The molecule has 1 aliphatic carbocycles. The molecule has 2 aromatic carbocycles. The van der Waals surface area contributed by atoms with Gasteiger partial charge in [-0.05, 0) is 42.5 Å². The zero-order valence-electron chi connectivity index (χ0n) is 19.3. The summed E-state index contributed by atoms with van der Waals surface area (Å²) in [5.74, 6) is -0.846. The molecule has 1 spiro atoms. The maximum Gasteiger partial charge on any atom is 0.245 e. The highest BCUT2D eigenvalue weighted by Crippen LogP contribution is 2.53. The molecule has 2 aliphatic heterocycles. The van der Waals surface area contributed by atoms with Gasteiger partial charge in [0.1, 0.15) is 0 Å². The number of hydrogen-bond acceptors (Lipinski definition) is 4. The van der Waals surface area contributed by atoms with Gasteiger partial charge in [0.15, 0.2) is 0 Å². The lowest BCUT2D eigenvalue weighted by molar-refractivity contribution is -0.122. The highest BCUT2D eigenvalue weighted by molar-refractivity contribution is 7.89. The Labute approximate surface area is 212 Å². The largest absolute Gasteiger partial charge is 0.309 e. The fraction of sp³-hybridized carbons (Fsp3) is 0.385. The standard InChI is InChI=1S/C26H24ClF2N3O3S/c27-19-6-5-18-14-31(36(34,35)16-25(7-8-25)23(28)29)15-26(21(18)11-19)9-10-32(24(26)33)22-13-30-12-17-3-1-2-4-20(17)22/h1-6,11-13,23H,7-10,14-16H2. The van der Waals surface area contributed by atoms with Gasteiger partial charge in [0, 0.05) is 47.0 Å². The first kappa shape index (κ1) is 23.8. The van der Waals surface area contributed by atoms with Crippen LogP contribution in [0.4, 0.5) is 14.5 Å². The zero-order valence-corrected chi connectivity index (χ0v) is 20.9. The van der Waals surface area contributed by atoms with E-state index in [9.17, 15) is 22.0 Å². The summed E-state index contributed by atoms with van der Waals surface area (Å²) in [5, 5.41) is 2.22. The number of hydrogen-bond donors (Lipinski definition) is 0. The lowest BCUT2D eigenvalue weighted by Gasteiger charge is -2.40. The van der Waals surface area contributed by atoms with Gasteiger partial charge in [0.2, 0.25) is 22.4 Å². The predicted octanol–water partition coefficient (Wildman–Crippen LogP) is 4.75. The highest BCUT2D eigenvalue weighted by atomic mass is 35.5. The van der Waals surface area contributed by atoms with Gasteiger partial charge in [-0.1, -0.05) is 41.9 Å². The van der Waals surface area contributed by atoms with Gasteiger partial charge in [0.25, 0.3) is 0 Å². The fourth-order valence-corrected chi connectivity index (χ4v) is 7.96. The van der Waals surface area contributed by atoms with E-state index >= 15 is 0 Å². The quantitative estimate of drug-likeness (QED) is 0.476. The monoisotopic (exact) mass is 531 g/mol. The fourth-order valence-electron chi connectivity index (χ4n) is 5.71. The van der Waals surface area contributed by atoms with E-state index in [1.165, 1.54) is 4.31 Å². The summed E-state index contributed by atoms with van der Waals surface area (Å²) >= 11 is 6.32. The molecular weight excluding hydrogens is 508 g/mol. The number of alkyl halides is 2. The third-order valence-electron chi connectivity index (χ3n) is 7.95. The molecule has 36 heavy (non-hydrogen) atoms. The Morgan fingerprint density at radius 2 is 1.86 bits per heavy atom. The number of carbonyl (C=O) groups excluding carboxylic acids is 1. The maximum atomic E-state index is 14.2. The van der Waals surface area contributed by atoms with Gasteiger partial charge < -0.3 is 4.90 Å².